The van der Waals surface area contributed by atoms with Crippen molar-refractivity contribution in [3.05, 3.63) is 35.9 Å². The molecular weight excluding hydrogens is 206 g/mol. The van der Waals surface area contributed by atoms with Crippen molar-refractivity contribution in [2.24, 2.45) is 5.41 Å². The van der Waals surface area contributed by atoms with Gasteiger partial charge in [0.2, 0.25) is 0 Å². The molecule has 1 unspecified atom stereocenters. The first-order valence-corrected chi connectivity index (χ1v) is 7.02. The van der Waals surface area contributed by atoms with Gasteiger partial charge >= 0.3 is 0 Å². The Labute approximate surface area is 106 Å². The first-order chi connectivity index (χ1) is 8.30. The van der Waals surface area contributed by atoms with Gasteiger partial charge in [-0.1, -0.05) is 50.1 Å². The Morgan fingerprint density at radius 1 is 1.18 bits per heavy atom. The van der Waals surface area contributed by atoms with E-state index in [1.165, 1.54) is 44.1 Å². The quantitative estimate of drug-likeness (QED) is 0.813. The molecule has 2 rings (SSSR count). The Bertz CT molecular complexity index is 325. The van der Waals surface area contributed by atoms with Crippen molar-refractivity contribution in [1.82, 2.24) is 5.32 Å². The van der Waals surface area contributed by atoms with E-state index in [2.05, 4.69) is 49.6 Å². The SMILES string of the molecule is CCC1(C(Cc2ccccc2)NC)CCCC1. The fourth-order valence-electron chi connectivity index (χ4n) is 3.50. The molecule has 0 heterocycles. The molecule has 1 aromatic carbocycles. The lowest BCUT2D eigenvalue weighted by molar-refractivity contribution is 0.192. The van der Waals surface area contributed by atoms with Crippen LogP contribution < -0.4 is 5.32 Å². The second-order valence-corrected chi connectivity index (χ2v) is 5.45. The molecule has 0 aliphatic heterocycles. The molecule has 1 fully saturated rings. The van der Waals surface area contributed by atoms with Crippen LogP contribution in [0.3, 0.4) is 0 Å². The van der Waals surface area contributed by atoms with Gasteiger partial charge < -0.3 is 5.32 Å². The van der Waals surface area contributed by atoms with Gasteiger partial charge in [0.25, 0.3) is 0 Å². The predicted molar refractivity (Wildman–Crippen MR) is 74.2 cm³/mol. The molecule has 1 saturated carbocycles. The van der Waals surface area contributed by atoms with Gasteiger partial charge in [-0.15, -0.1) is 0 Å². The fourth-order valence-corrected chi connectivity index (χ4v) is 3.50. The normalized spacial score (nSPS) is 20.4. The minimum absolute atomic E-state index is 0.546. The molecule has 0 saturated heterocycles. The lowest BCUT2D eigenvalue weighted by atomic mass is 9.74. The summed E-state index contributed by atoms with van der Waals surface area (Å²) in [5, 5.41) is 3.58. The van der Waals surface area contributed by atoms with Gasteiger partial charge in [-0.05, 0) is 43.7 Å². The summed E-state index contributed by atoms with van der Waals surface area (Å²) >= 11 is 0. The van der Waals surface area contributed by atoms with E-state index in [0.717, 1.165) is 0 Å². The van der Waals surface area contributed by atoms with E-state index in [1.54, 1.807) is 0 Å². The lowest BCUT2D eigenvalue weighted by Crippen LogP contribution is -2.43. The zero-order chi connectivity index (χ0) is 12.1. The average Bonchev–Trinajstić information content (AvgIpc) is 2.87. The van der Waals surface area contributed by atoms with Crippen molar-refractivity contribution in [3.8, 4) is 0 Å². The highest BCUT2D eigenvalue weighted by atomic mass is 14.9. The topological polar surface area (TPSA) is 12.0 Å². The maximum absolute atomic E-state index is 3.58. The van der Waals surface area contributed by atoms with E-state index in [0.29, 0.717) is 11.5 Å². The zero-order valence-electron chi connectivity index (χ0n) is 11.2. The summed E-state index contributed by atoms with van der Waals surface area (Å²) in [5.41, 5.74) is 2.01. The summed E-state index contributed by atoms with van der Waals surface area (Å²) < 4.78 is 0. The molecule has 1 nitrogen and oxygen atoms in total. The first kappa shape index (κ1) is 12.6. The van der Waals surface area contributed by atoms with Crippen LogP contribution in [0.1, 0.15) is 44.6 Å². The van der Waals surface area contributed by atoms with Crippen LogP contribution in [0.25, 0.3) is 0 Å². The number of hydrogen-bond donors (Lipinski definition) is 1. The van der Waals surface area contributed by atoms with Gasteiger partial charge in [0.15, 0.2) is 0 Å². The Morgan fingerprint density at radius 3 is 2.35 bits per heavy atom. The van der Waals surface area contributed by atoms with Gasteiger partial charge in [0.05, 0.1) is 0 Å². The van der Waals surface area contributed by atoms with Crippen LogP contribution in [-0.2, 0) is 6.42 Å². The monoisotopic (exact) mass is 231 g/mol. The van der Waals surface area contributed by atoms with Crippen LogP contribution in [0.2, 0.25) is 0 Å². The third kappa shape index (κ3) is 2.71. The van der Waals surface area contributed by atoms with Crippen molar-refractivity contribution in [3.63, 3.8) is 0 Å². The molecule has 0 aromatic heterocycles. The second-order valence-electron chi connectivity index (χ2n) is 5.45. The summed E-state index contributed by atoms with van der Waals surface area (Å²) in [7, 11) is 2.13. The fraction of sp³-hybridized carbons (Fsp3) is 0.625. The molecule has 1 atom stereocenters. The van der Waals surface area contributed by atoms with Gasteiger partial charge in [-0.25, -0.2) is 0 Å². The molecule has 0 radical (unpaired) electrons. The summed E-state index contributed by atoms with van der Waals surface area (Å²) in [6, 6.07) is 11.5. The molecular formula is C16H25N. The maximum Gasteiger partial charge on any atom is 0.0161 e. The van der Waals surface area contributed by atoms with E-state index in [-0.39, 0.29) is 0 Å². The van der Waals surface area contributed by atoms with Crippen LogP contribution in [0.4, 0.5) is 0 Å². The minimum Gasteiger partial charge on any atom is -0.316 e. The summed E-state index contributed by atoms with van der Waals surface area (Å²) in [6.45, 7) is 2.36. The van der Waals surface area contributed by atoms with Crippen molar-refractivity contribution < 1.29 is 0 Å². The molecule has 0 bridgehead atoms. The van der Waals surface area contributed by atoms with Crippen LogP contribution >= 0.6 is 0 Å². The summed E-state index contributed by atoms with van der Waals surface area (Å²) in [6.07, 6.45) is 8.13. The Morgan fingerprint density at radius 2 is 1.82 bits per heavy atom. The van der Waals surface area contributed by atoms with Crippen LogP contribution in [-0.4, -0.2) is 13.1 Å². The summed E-state index contributed by atoms with van der Waals surface area (Å²) in [5.74, 6) is 0. The molecule has 0 amide bonds. The van der Waals surface area contributed by atoms with Crippen LogP contribution in [0.5, 0.6) is 0 Å². The van der Waals surface area contributed by atoms with E-state index in [1.807, 2.05) is 0 Å². The highest BCUT2D eigenvalue weighted by Crippen LogP contribution is 2.44. The lowest BCUT2D eigenvalue weighted by Gasteiger charge is -2.37. The third-order valence-corrected chi connectivity index (χ3v) is 4.67. The van der Waals surface area contributed by atoms with E-state index >= 15 is 0 Å². The highest BCUT2D eigenvalue weighted by molar-refractivity contribution is 5.17. The van der Waals surface area contributed by atoms with E-state index in [9.17, 15) is 0 Å². The van der Waals surface area contributed by atoms with Crippen LogP contribution in [0.15, 0.2) is 30.3 Å². The molecule has 94 valence electrons. The minimum atomic E-state index is 0.546. The number of rotatable bonds is 5. The predicted octanol–water partition coefficient (Wildman–Crippen LogP) is 3.79. The van der Waals surface area contributed by atoms with Gasteiger partial charge in [-0.3, -0.25) is 0 Å². The first-order valence-electron chi connectivity index (χ1n) is 7.02. The maximum atomic E-state index is 3.58. The number of benzene rings is 1. The van der Waals surface area contributed by atoms with E-state index in [4.69, 9.17) is 0 Å². The van der Waals surface area contributed by atoms with E-state index < -0.39 is 0 Å². The molecule has 1 aromatic rings. The van der Waals surface area contributed by atoms with Crippen LogP contribution in [0, 0.1) is 5.41 Å². The number of hydrogen-bond acceptors (Lipinski definition) is 1. The second kappa shape index (κ2) is 5.68. The molecule has 1 N–H and O–H groups in total. The standard InChI is InChI=1S/C16H25N/c1-3-16(11-7-8-12-16)15(17-2)13-14-9-5-4-6-10-14/h4-6,9-10,15,17H,3,7-8,11-13H2,1-2H3. The molecule has 0 spiro atoms. The molecule has 17 heavy (non-hydrogen) atoms. The number of nitrogens with one attached hydrogen (secondary N) is 1. The van der Waals surface area contributed by atoms with Gasteiger partial charge in [-0.2, -0.15) is 0 Å². The van der Waals surface area contributed by atoms with Gasteiger partial charge in [0.1, 0.15) is 0 Å². The molecule has 1 aliphatic rings. The third-order valence-electron chi connectivity index (χ3n) is 4.67. The average molecular weight is 231 g/mol. The van der Waals surface area contributed by atoms with Crippen molar-refractivity contribution in [1.29, 1.82) is 0 Å². The Kier molecular flexibility index (Phi) is 4.22. The highest BCUT2D eigenvalue weighted by Gasteiger charge is 2.38. The molecule has 1 aliphatic carbocycles. The Hall–Kier alpha value is -0.820. The molecule has 1 heteroatoms. The smallest absolute Gasteiger partial charge is 0.0161 e. The largest absolute Gasteiger partial charge is 0.316 e. The Balaban J connectivity index is 2.10. The summed E-state index contributed by atoms with van der Waals surface area (Å²) in [4.78, 5) is 0. The van der Waals surface area contributed by atoms with Crippen molar-refractivity contribution >= 4 is 0 Å². The van der Waals surface area contributed by atoms with Crippen molar-refractivity contribution in [2.45, 2.75) is 51.5 Å². The number of likely N-dealkylation sites (N-methyl/N-ethyl adjacent to an activating group) is 1. The van der Waals surface area contributed by atoms with Crippen molar-refractivity contribution in [2.75, 3.05) is 7.05 Å². The van der Waals surface area contributed by atoms with Gasteiger partial charge in [0, 0.05) is 6.04 Å². The zero-order valence-corrected chi connectivity index (χ0v) is 11.2.